The third-order valence-electron chi connectivity index (χ3n) is 3.23. The zero-order valence-corrected chi connectivity index (χ0v) is 12.4. The predicted octanol–water partition coefficient (Wildman–Crippen LogP) is 1.81. The molecule has 0 bridgehead atoms. The number of aryl methyl sites for hydroxylation is 1. The number of rotatable bonds is 5. The molecule has 0 saturated heterocycles. The minimum atomic E-state index is -1.60. The molecular weight excluding hydrogens is 293 g/mol. The lowest BCUT2D eigenvalue weighted by Gasteiger charge is -2.12. The standard InChI is InChI=1S/C14H16FN3O4/c1-6(2)9-4-8(11-7(3)18-22-13(11)17-9)12(19)16-10(5-15)14(20)21/h4,6,10H,5H2,1-3H3,(H,16,19)(H,20,21). The largest absolute Gasteiger partial charge is 0.480 e. The number of carbonyl (C=O) groups is 2. The van der Waals surface area contributed by atoms with Crippen LogP contribution in [0.5, 0.6) is 0 Å². The normalized spacial score (nSPS) is 12.6. The number of pyridine rings is 1. The molecule has 1 amide bonds. The Balaban J connectivity index is 2.50. The van der Waals surface area contributed by atoms with Gasteiger partial charge < -0.3 is 14.9 Å². The highest BCUT2D eigenvalue weighted by molar-refractivity contribution is 6.07. The van der Waals surface area contributed by atoms with Crippen LogP contribution in [-0.2, 0) is 4.79 Å². The molecule has 0 radical (unpaired) electrons. The second-order valence-corrected chi connectivity index (χ2v) is 5.22. The van der Waals surface area contributed by atoms with Gasteiger partial charge in [-0.2, -0.15) is 0 Å². The molecule has 0 aliphatic carbocycles. The molecule has 1 unspecified atom stereocenters. The molecule has 0 aliphatic heterocycles. The maximum Gasteiger partial charge on any atom is 0.328 e. The van der Waals surface area contributed by atoms with Crippen molar-refractivity contribution in [3.05, 3.63) is 23.0 Å². The van der Waals surface area contributed by atoms with Crippen molar-refractivity contribution in [3.63, 3.8) is 0 Å². The van der Waals surface area contributed by atoms with E-state index in [-0.39, 0.29) is 17.2 Å². The van der Waals surface area contributed by atoms with Gasteiger partial charge in [0.1, 0.15) is 6.67 Å². The zero-order chi connectivity index (χ0) is 16.4. The number of aliphatic carboxylic acids is 1. The molecule has 1 atom stereocenters. The molecular formula is C14H16FN3O4. The van der Waals surface area contributed by atoms with E-state index in [1.165, 1.54) is 0 Å². The van der Waals surface area contributed by atoms with Gasteiger partial charge in [0.15, 0.2) is 6.04 Å². The number of nitrogens with one attached hydrogen (secondary N) is 1. The Hall–Kier alpha value is -2.51. The summed E-state index contributed by atoms with van der Waals surface area (Å²) in [5, 5.41) is 15.1. The molecule has 2 rings (SSSR count). The number of alkyl halides is 1. The summed E-state index contributed by atoms with van der Waals surface area (Å²) >= 11 is 0. The Morgan fingerprint density at radius 2 is 2.14 bits per heavy atom. The molecule has 2 aromatic rings. The summed E-state index contributed by atoms with van der Waals surface area (Å²) in [7, 11) is 0. The second kappa shape index (κ2) is 6.08. The lowest BCUT2D eigenvalue weighted by Crippen LogP contribution is -2.42. The number of aromatic nitrogens is 2. The first kappa shape index (κ1) is 15.9. The summed E-state index contributed by atoms with van der Waals surface area (Å²) < 4.78 is 17.8. The van der Waals surface area contributed by atoms with Gasteiger partial charge in [-0.05, 0) is 18.9 Å². The van der Waals surface area contributed by atoms with Crippen molar-refractivity contribution >= 4 is 23.0 Å². The molecule has 0 fully saturated rings. The lowest BCUT2D eigenvalue weighted by molar-refractivity contribution is -0.139. The van der Waals surface area contributed by atoms with E-state index in [2.05, 4.69) is 15.5 Å². The summed E-state index contributed by atoms with van der Waals surface area (Å²) in [6.45, 7) is 4.22. The van der Waals surface area contributed by atoms with Gasteiger partial charge in [-0.15, -0.1) is 0 Å². The summed E-state index contributed by atoms with van der Waals surface area (Å²) in [4.78, 5) is 27.4. The van der Waals surface area contributed by atoms with E-state index in [1.807, 2.05) is 13.8 Å². The average molecular weight is 309 g/mol. The van der Waals surface area contributed by atoms with Crippen LogP contribution in [-0.4, -0.2) is 39.8 Å². The van der Waals surface area contributed by atoms with E-state index < -0.39 is 24.6 Å². The van der Waals surface area contributed by atoms with Crippen molar-refractivity contribution in [2.75, 3.05) is 6.67 Å². The first-order valence-corrected chi connectivity index (χ1v) is 6.71. The molecule has 2 heterocycles. The Kier molecular flexibility index (Phi) is 4.39. The topological polar surface area (TPSA) is 105 Å². The van der Waals surface area contributed by atoms with Crippen LogP contribution in [0, 0.1) is 6.92 Å². The third kappa shape index (κ3) is 2.90. The number of nitrogens with zero attached hydrogens (tertiary/aromatic N) is 2. The highest BCUT2D eigenvalue weighted by Crippen LogP contribution is 2.25. The number of amides is 1. The maximum absolute atomic E-state index is 12.7. The van der Waals surface area contributed by atoms with Gasteiger partial charge >= 0.3 is 5.97 Å². The van der Waals surface area contributed by atoms with Crippen LogP contribution in [0.25, 0.3) is 11.1 Å². The third-order valence-corrected chi connectivity index (χ3v) is 3.23. The van der Waals surface area contributed by atoms with E-state index in [1.54, 1.807) is 13.0 Å². The van der Waals surface area contributed by atoms with Crippen molar-refractivity contribution in [2.45, 2.75) is 32.7 Å². The quantitative estimate of drug-likeness (QED) is 0.872. The van der Waals surface area contributed by atoms with Gasteiger partial charge in [0.05, 0.1) is 16.6 Å². The molecule has 7 nitrogen and oxygen atoms in total. The van der Waals surface area contributed by atoms with Crippen LogP contribution in [0.4, 0.5) is 4.39 Å². The fraction of sp³-hybridized carbons (Fsp3) is 0.429. The van der Waals surface area contributed by atoms with Crippen LogP contribution in [0.1, 0.15) is 41.5 Å². The van der Waals surface area contributed by atoms with E-state index in [4.69, 9.17) is 9.63 Å². The van der Waals surface area contributed by atoms with E-state index in [9.17, 15) is 14.0 Å². The molecule has 0 spiro atoms. The fourth-order valence-corrected chi connectivity index (χ4v) is 1.99. The highest BCUT2D eigenvalue weighted by Gasteiger charge is 2.24. The Morgan fingerprint density at radius 3 is 2.68 bits per heavy atom. The van der Waals surface area contributed by atoms with Gasteiger partial charge in [0.2, 0.25) is 0 Å². The number of halogens is 1. The number of hydrogen-bond donors (Lipinski definition) is 2. The molecule has 22 heavy (non-hydrogen) atoms. The van der Waals surface area contributed by atoms with E-state index in [0.29, 0.717) is 16.8 Å². The summed E-state index contributed by atoms with van der Waals surface area (Å²) in [5.41, 5.74) is 1.42. The Bertz CT molecular complexity index is 726. The summed E-state index contributed by atoms with van der Waals surface area (Å²) in [5.74, 6) is -2.12. The fourth-order valence-electron chi connectivity index (χ4n) is 1.99. The smallest absolute Gasteiger partial charge is 0.328 e. The van der Waals surface area contributed by atoms with Crippen LogP contribution in [0.3, 0.4) is 0 Å². The van der Waals surface area contributed by atoms with Crippen LogP contribution < -0.4 is 5.32 Å². The minimum absolute atomic E-state index is 0.0257. The van der Waals surface area contributed by atoms with Crippen LogP contribution >= 0.6 is 0 Å². The average Bonchev–Trinajstić information content (AvgIpc) is 2.84. The van der Waals surface area contributed by atoms with Gasteiger partial charge in [-0.1, -0.05) is 19.0 Å². The monoisotopic (exact) mass is 309 g/mol. The SMILES string of the molecule is Cc1noc2nc(C(C)C)cc(C(=O)NC(CF)C(=O)O)c12. The van der Waals surface area contributed by atoms with E-state index in [0.717, 1.165) is 0 Å². The molecule has 0 aliphatic rings. The van der Waals surface area contributed by atoms with Gasteiger partial charge in [-0.25, -0.2) is 14.2 Å². The Morgan fingerprint density at radius 1 is 1.45 bits per heavy atom. The van der Waals surface area contributed by atoms with E-state index >= 15 is 0 Å². The molecule has 118 valence electrons. The molecule has 8 heteroatoms. The predicted molar refractivity (Wildman–Crippen MR) is 75.5 cm³/mol. The first-order valence-electron chi connectivity index (χ1n) is 6.71. The number of fused-ring (bicyclic) bond motifs is 1. The van der Waals surface area contributed by atoms with Crippen LogP contribution in [0.2, 0.25) is 0 Å². The molecule has 2 aromatic heterocycles. The zero-order valence-electron chi connectivity index (χ0n) is 12.4. The van der Waals surface area contributed by atoms with Gasteiger partial charge in [0.25, 0.3) is 11.6 Å². The first-order chi connectivity index (χ1) is 10.3. The van der Waals surface area contributed by atoms with Crippen molar-refractivity contribution in [3.8, 4) is 0 Å². The Labute approximate surface area is 125 Å². The minimum Gasteiger partial charge on any atom is -0.480 e. The number of carbonyl (C=O) groups excluding carboxylic acids is 1. The summed E-state index contributed by atoms with van der Waals surface area (Å²) in [6, 6.07) is -0.0534. The van der Waals surface area contributed by atoms with Crippen molar-refractivity contribution in [1.82, 2.24) is 15.5 Å². The van der Waals surface area contributed by atoms with Crippen molar-refractivity contribution in [2.24, 2.45) is 0 Å². The molecule has 0 saturated carbocycles. The van der Waals surface area contributed by atoms with Gasteiger partial charge in [0, 0.05) is 5.69 Å². The summed E-state index contributed by atoms with van der Waals surface area (Å²) in [6.07, 6.45) is 0. The number of carboxylic acids is 1. The number of carboxylic acid groups (broad SMARTS) is 1. The van der Waals surface area contributed by atoms with Crippen molar-refractivity contribution < 1.29 is 23.6 Å². The lowest BCUT2D eigenvalue weighted by atomic mass is 10.0. The molecule has 2 N–H and O–H groups in total. The molecule has 0 aromatic carbocycles. The maximum atomic E-state index is 12.7. The second-order valence-electron chi connectivity index (χ2n) is 5.22. The van der Waals surface area contributed by atoms with Gasteiger partial charge in [-0.3, -0.25) is 4.79 Å². The van der Waals surface area contributed by atoms with Crippen LogP contribution in [0.15, 0.2) is 10.6 Å². The van der Waals surface area contributed by atoms with Crippen molar-refractivity contribution in [1.29, 1.82) is 0 Å². The number of hydrogen-bond acceptors (Lipinski definition) is 5. The highest BCUT2D eigenvalue weighted by atomic mass is 19.1.